The van der Waals surface area contributed by atoms with Crippen LogP contribution in [0.3, 0.4) is 0 Å². The van der Waals surface area contributed by atoms with Crippen molar-refractivity contribution in [1.82, 2.24) is 0 Å². The first-order valence-corrected chi connectivity index (χ1v) is 5.50. The molecule has 2 aromatic carbocycles. The standard InChI is InChI=1S/C14H10F4O/c1-8-2-3-13(10(15)4-8)19-7-9-5-11(16)14(18)12(17)6-9/h2-6H,7H2,1H3. The zero-order chi connectivity index (χ0) is 14.0. The molecule has 0 unspecified atom stereocenters. The highest BCUT2D eigenvalue weighted by atomic mass is 19.2. The van der Waals surface area contributed by atoms with Crippen LogP contribution in [0.2, 0.25) is 0 Å². The molecule has 19 heavy (non-hydrogen) atoms. The normalized spacial score (nSPS) is 10.6. The summed E-state index contributed by atoms with van der Waals surface area (Å²) in [5, 5.41) is 0. The Balaban J connectivity index is 2.14. The Morgan fingerprint density at radius 2 is 1.53 bits per heavy atom. The van der Waals surface area contributed by atoms with Gasteiger partial charge in [0.25, 0.3) is 0 Å². The van der Waals surface area contributed by atoms with E-state index in [1.54, 1.807) is 13.0 Å². The van der Waals surface area contributed by atoms with Crippen molar-refractivity contribution >= 4 is 0 Å². The second-order valence-electron chi connectivity index (χ2n) is 4.10. The molecule has 2 aromatic rings. The molecule has 0 aliphatic rings. The van der Waals surface area contributed by atoms with Crippen LogP contribution >= 0.6 is 0 Å². The van der Waals surface area contributed by atoms with Gasteiger partial charge >= 0.3 is 0 Å². The van der Waals surface area contributed by atoms with Crippen LogP contribution in [0.15, 0.2) is 30.3 Å². The summed E-state index contributed by atoms with van der Waals surface area (Å²) >= 11 is 0. The van der Waals surface area contributed by atoms with Gasteiger partial charge in [0.05, 0.1) is 0 Å². The first kappa shape index (κ1) is 13.4. The lowest BCUT2D eigenvalue weighted by molar-refractivity contribution is 0.288. The lowest BCUT2D eigenvalue weighted by Gasteiger charge is -2.08. The number of hydrogen-bond donors (Lipinski definition) is 0. The Hall–Kier alpha value is -2.04. The molecule has 5 heteroatoms. The number of aryl methyl sites for hydroxylation is 1. The van der Waals surface area contributed by atoms with Crippen LogP contribution in [0.4, 0.5) is 17.6 Å². The lowest BCUT2D eigenvalue weighted by atomic mass is 10.2. The number of hydrogen-bond acceptors (Lipinski definition) is 1. The van der Waals surface area contributed by atoms with Crippen molar-refractivity contribution in [2.24, 2.45) is 0 Å². The van der Waals surface area contributed by atoms with E-state index in [9.17, 15) is 17.6 Å². The topological polar surface area (TPSA) is 9.23 Å². The maximum Gasteiger partial charge on any atom is 0.194 e. The number of benzene rings is 2. The molecule has 0 bridgehead atoms. The Kier molecular flexibility index (Phi) is 3.74. The second-order valence-corrected chi connectivity index (χ2v) is 4.10. The summed E-state index contributed by atoms with van der Waals surface area (Å²) in [4.78, 5) is 0. The van der Waals surface area contributed by atoms with E-state index in [4.69, 9.17) is 4.74 Å². The van der Waals surface area contributed by atoms with Crippen LogP contribution in [-0.2, 0) is 6.61 Å². The molecule has 1 nitrogen and oxygen atoms in total. The van der Waals surface area contributed by atoms with Crippen LogP contribution in [0.1, 0.15) is 11.1 Å². The average Bonchev–Trinajstić information content (AvgIpc) is 2.34. The number of ether oxygens (including phenoxy) is 1. The molecule has 0 aromatic heterocycles. The van der Waals surface area contributed by atoms with Crippen LogP contribution in [0.5, 0.6) is 5.75 Å². The van der Waals surface area contributed by atoms with E-state index in [1.807, 2.05) is 0 Å². The Morgan fingerprint density at radius 3 is 2.11 bits per heavy atom. The highest BCUT2D eigenvalue weighted by Crippen LogP contribution is 2.20. The summed E-state index contributed by atoms with van der Waals surface area (Å²) in [5.41, 5.74) is 0.806. The zero-order valence-electron chi connectivity index (χ0n) is 10.0. The van der Waals surface area contributed by atoms with Crippen molar-refractivity contribution in [3.05, 3.63) is 64.7 Å². The Labute approximate surface area is 107 Å². The van der Waals surface area contributed by atoms with Gasteiger partial charge in [-0.2, -0.15) is 0 Å². The first-order chi connectivity index (χ1) is 8.97. The molecule has 0 radical (unpaired) electrons. The van der Waals surface area contributed by atoms with Gasteiger partial charge in [-0.3, -0.25) is 0 Å². The van der Waals surface area contributed by atoms with Gasteiger partial charge in [-0.05, 0) is 42.3 Å². The van der Waals surface area contributed by atoms with E-state index in [-0.39, 0.29) is 17.9 Å². The van der Waals surface area contributed by atoms with Crippen LogP contribution in [-0.4, -0.2) is 0 Å². The Bertz CT molecular complexity index is 587. The van der Waals surface area contributed by atoms with Gasteiger partial charge in [-0.25, -0.2) is 17.6 Å². The van der Waals surface area contributed by atoms with E-state index in [0.29, 0.717) is 0 Å². The van der Waals surface area contributed by atoms with E-state index < -0.39 is 23.3 Å². The highest BCUT2D eigenvalue weighted by molar-refractivity contribution is 5.29. The quantitative estimate of drug-likeness (QED) is 0.602. The van der Waals surface area contributed by atoms with Crippen molar-refractivity contribution in [2.45, 2.75) is 13.5 Å². The summed E-state index contributed by atoms with van der Waals surface area (Å²) in [6.07, 6.45) is 0. The molecule has 0 N–H and O–H groups in total. The molecule has 0 aliphatic heterocycles. The summed E-state index contributed by atoms with van der Waals surface area (Å²) in [6, 6.07) is 5.96. The fourth-order valence-electron chi connectivity index (χ4n) is 1.58. The summed E-state index contributed by atoms with van der Waals surface area (Å²) in [6.45, 7) is 1.46. The molecule has 2 rings (SSSR count). The molecule has 0 spiro atoms. The minimum absolute atomic E-state index is 0.0317. The van der Waals surface area contributed by atoms with Crippen molar-refractivity contribution in [1.29, 1.82) is 0 Å². The summed E-state index contributed by atoms with van der Waals surface area (Å²) < 4.78 is 57.2. The SMILES string of the molecule is Cc1ccc(OCc2cc(F)c(F)c(F)c2)c(F)c1. The highest BCUT2D eigenvalue weighted by Gasteiger charge is 2.11. The molecule has 100 valence electrons. The van der Waals surface area contributed by atoms with Gasteiger partial charge < -0.3 is 4.74 Å². The van der Waals surface area contributed by atoms with Gasteiger partial charge in [0.1, 0.15) is 6.61 Å². The first-order valence-electron chi connectivity index (χ1n) is 5.50. The predicted octanol–water partition coefficient (Wildman–Crippen LogP) is 4.13. The average molecular weight is 270 g/mol. The van der Waals surface area contributed by atoms with Gasteiger partial charge in [-0.15, -0.1) is 0 Å². The van der Waals surface area contributed by atoms with E-state index in [2.05, 4.69) is 0 Å². The molecule has 0 aliphatic carbocycles. The van der Waals surface area contributed by atoms with Crippen LogP contribution in [0, 0.1) is 30.2 Å². The van der Waals surface area contributed by atoms with E-state index in [0.717, 1.165) is 17.7 Å². The smallest absolute Gasteiger partial charge is 0.194 e. The van der Waals surface area contributed by atoms with Crippen molar-refractivity contribution in [3.63, 3.8) is 0 Å². The monoisotopic (exact) mass is 270 g/mol. The van der Waals surface area contributed by atoms with Gasteiger partial charge in [0.2, 0.25) is 0 Å². The van der Waals surface area contributed by atoms with Gasteiger partial charge in [0.15, 0.2) is 29.0 Å². The van der Waals surface area contributed by atoms with Crippen LogP contribution in [0.25, 0.3) is 0 Å². The number of rotatable bonds is 3. The zero-order valence-corrected chi connectivity index (χ0v) is 10.0. The third-order valence-corrected chi connectivity index (χ3v) is 2.53. The third-order valence-electron chi connectivity index (χ3n) is 2.53. The minimum atomic E-state index is -1.54. The van der Waals surface area contributed by atoms with Gasteiger partial charge in [-0.1, -0.05) is 6.07 Å². The fourth-order valence-corrected chi connectivity index (χ4v) is 1.58. The van der Waals surface area contributed by atoms with Crippen molar-refractivity contribution < 1.29 is 22.3 Å². The molecule has 0 saturated carbocycles. The molecule has 0 atom stereocenters. The molecule has 0 amide bonds. The van der Waals surface area contributed by atoms with E-state index in [1.165, 1.54) is 12.1 Å². The molecule has 0 heterocycles. The van der Waals surface area contributed by atoms with Gasteiger partial charge in [0, 0.05) is 0 Å². The summed E-state index contributed by atoms with van der Waals surface area (Å²) in [7, 11) is 0. The molecular formula is C14H10F4O. The summed E-state index contributed by atoms with van der Waals surface area (Å²) in [5.74, 6) is -4.74. The third kappa shape index (κ3) is 3.05. The van der Waals surface area contributed by atoms with Crippen molar-refractivity contribution in [2.75, 3.05) is 0 Å². The van der Waals surface area contributed by atoms with Crippen molar-refractivity contribution in [3.8, 4) is 5.75 Å². The Morgan fingerprint density at radius 1 is 0.895 bits per heavy atom. The van der Waals surface area contributed by atoms with E-state index >= 15 is 0 Å². The maximum absolute atomic E-state index is 13.4. The molecule has 0 fully saturated rings. The molecule has 0 saturated heterocycles. The maximum atomic E-state index is 13.4. The fraction of sp³-hybridized carbons (Fsp3) is 0.143. The second kappa shape index (κ2) is 5.30. The largest absolute Gasteiger partial charge is 0.486 e. The molecular weight excluding hydrogens is 260 g/mol. The lowest BCUT2D eigenvalue weighted by Crippen LogP contribution is -2.01. The number of halogens is 4. The minimum Gasteiger partial charge on any atom is -0.486 e. The van der Waals surface area contributed by atoms with Crippen LogP contribution < -0.4 is 4.74 Å². The predicted molar refractivity (Wildman–Crippen MR) is 61.8 cm³/mol.